The van der Waals surface area contributed by atoms with E-state index >= 15 is 0 Å². The van der Waals surface area contributed by atoms with Gasteiger partial charge >= 0.3 is 0 Å². The van der Waals surface area contributed by atoms with Gasteiger partial charge in [-0.1, -0.05) is 0 Å². The fourth-order valence-corrected chi connectivity index (χ4v) is 1.10. The maximum Gasteiger partial charge on any atom is 0.226 e. The largest absolute Gasteiger partial charge is 0.492 e. The van der Waals surface area contributed by atoms with Crippen LogP contribution >= 0.6 is 22.6 Å². The number of nitrogens with zero attached hydrogens (tertiary/aromatic N) is 1. The van der Waals surface area contributed by atoms with Gasteiger partial charge in [0.2, 0.25) is 5.95 Å². The summed E-state index contributed by atoms with van der Waals surface area (Å²) in [4.78, 5) is 3.50. The van der Waals surface area contributed by atoms with Gasteiger partial charge in [-0.15, -0.1) is 0 Å². The zero-order valence-corrected chi connectivity index (χ0v) is 8.13. The summed E-state index contributed by atoms with van der Waals surface area (Å²) in [7, 11) is 0. The molecule has 2 nitrogen and oxygen atoms in total. The molecule has 11 heavy (non-hydrogen) atoms. The van der Waals surface area contributed by atoms with Crippen molar-refractivity contribution in [3.8, 4) is 5.75 Å². The molecule has 1 aromatic heterocycles. The van der Waals surface area contributed by atoms with E-state index in [0.717, 1.165) is 0 Å². The zero-order valence-electron chi connectivity index (χ0n) is 5.97. The molecule has 0 aliphatic heterocycles. The van der Waals surface area contributed by atoms with Gasteiger partial charge in [0.25, 0.3) is 0 Å². The van der Waals surface area contributed by atoms with Gasteiger partial charge < -0.3 is 4.74 Å². The summed E-state index contributed by atoms with van der Waals surface area (Å²) < 4.78 is 18.2. The van der Waals surface area contributed by atoms with Crippen molar-refractivity contribution < 1.29 is 9.13 Å². The maximum absolute atomic E-state index is 12.6. The van der Waals surface area contributed by atoms with Crippen molar-refractivity contribution in [2.45, 2.75) is 6.92 Å². The molecular formula is C7H7FINO. The number of hydrogen-bond donors (Lipinski definition) is 0. The van der Waals surface area contributed by atoms with E-state index in [1.54, 1.807) is 6.07 Å². The van der Waals surface area contributed by atoms with Crippen molar-refractivity contribution in [2.75, 3.05) is 6.61 Å². The smallest absolute Gasteiger partial charge is 0.226 e. The molecule has 0 aliphatic rings. The van der Waals surface area contributed by atoms with Gasteiger partial charge in [0.15, 0.2) is 0 Å². The topological polar surface area (TPSA) is 22.1 Å². The van der Waals surface area contributed by atoms with Crippen LogP contribution in [0.1, 0.15) is 6.92 Å². The van der Waals surface area contributed by atoms with Gasteiger partial charge in [-0.25, -0.2) is 4.98 Å². The second-order valence-electron chi connectivity index (χ2n) is 1.88. The molecule has 0 bridgehead atoms. The minimum atomic E-state index is -0.450. The normalized spacial score (nSPS) is 9.73. The molecule has 0 atom stereocenters. The van der Waals surface area contributed by atoms with E-state index in [2.05, 4.69) is 4.98 Å². The highest BCUT2D eigenvalue weighted by atomic mass is 127. The molecule has 0 fully saturated rings. The lowest BCUT2D eigenvalue weighted by molar-refractivity contribution is 0.337. The lowest BCUT2D eigenvalue weighted by Gasteiger charge is -2.01. The van der Waals surface area contributed by atoms with Crippen molar-refractivity contribution in [1.29, 1.82) is 0 Å². The number of ether oxygens (including phenoxy) is 1. The molecule has 0 unspecified atom stereocenters. The Morgan fingerprint density at radius 1 is 1.73 bits per heavy atom. The van der Waals surface area contributed by atoms with Crippen LogP contribution in [0, 0.1) is 9.52 Å². The minimum absolute atomic E-state index is 0.450. The average Bonchev–Trinajstić information content (AvgIpc) is 1.98. The predicted octanol–water partition coefficient (Wildman–Crippen LogP) is 2.22. The van der Waals surface area contributed by atoms with Gasteiger partial charge in [0.05, 0.1) is 16.4 Å². The van der Waals surface area contributed by atoms with E-state index < -0.39 is 5.95 Å². The third-order valence-corrected chi connectivity index (χ3v) is 1.84. The molecule has 0 aromatic carbocycles. The lowest BCUT2D eigenvalue weighted by atomic mass is 10.4. The predicted molar refractivity (Wildman–Crippen MR) is 48.1 cm³/mol. The molecule has 0 aliphatic carbocycles. The number of rotatable bonds is 2. The Morgan fingerprint density at radius 2 is 2.45 bits per heavy atom. The fraction of sp³-hybridized carbons (Fsp3) is 0.286. The first-order chi connectivity index (χ1) is 5.24. The Kier molecular flexibility index (Phi) is 3.04. The molecule has 1 aromatic rings. The van der Waals surface area contributed by atoms with Gasteiger partial charge in [-0.3, -0.25) is 0 Å². The molecular weight excluding hydrogens is 260 g/mol. The first-order valence-electron chi connectivity index (χ1n) is 3.18. The minimum Gasteiger partial charge on any atom is -0.492 e. The first-order valence-corrected chi connectivity index (χ1v) is 4.25. The monoisotopic (exact) mass is 267 g/mol. The van der Waals surface area contributed by atoms with E-state index in [-0.39, 0.29) is 0 Å². The summed E-state index contributed by atoms with van der Waals surface area (Å²) in [5.74, 6) is 0.160. The van der Waals surface area contributed by atoms with Crippen LogP contribution < -0.4 is 4.74 Å². The van der Waals surface area contributed by atoms with Crippen LogP contribution in [0.25, 0.3) is 0 Å². The molecule has 1 rings (SSSR count). The fourth-order valence-electron chi connectivity index (χ4n) is 0.649. The SMILES string of the molecule is CCOc1cnc(F)c(I)c1. The maximum atomic E-state index is 12.6. The summed E-state index contributed by atoms with van der Waals surface area (Å²) in [6.45, 7) is 2.44. The highest BCUT2D eigenvalue weighted by molar-refractivity contribution is 14.1. The van der Waals surface area contributed by atoms with Crippen LogP contribution in [-0.2, 0) is 0 Å². The Morgan fingerprint density at radius 3 is 3.00 bits per heavy atom. The van der Waals surface area contributed by atoms with Crippen LogP contribution in [0.5, 0.6) is 5.75 Å². The lowest BCUT2D eigenvalue weighted by Crippen LogP contribution is -1.94. The van der Waals surface area contributed by atoms with Crippen LogP contribution in [-0.4, -0.2) is 11.6 Å². The van der Waals surface area contributed by atoms with Crippen LogP contribution in [0.15, 0.2) is 12.3 Å². The quantitative estimate of drug-likeness (QED) is 0.605. The van der Waals surface area contributed by atoms with Gasteiger partial charge in [0.1, 0.15) is 5.75 Å². The molecule has 1 heterocycles. The zero-order chi connectivity index (χ0) is 8.27. The van der Waals surface area contributed by atoms with E-state index in [9.17, 15) is 4.39 Å². The first kappa shape index (κ1) is 8.70. The molecule has 0 amide bonds. The average molecular weight is 267 g/mol. The van der Waals surface area contributed by atoms with E-state index in [1.807, 2.05) is 29.5 Å². The summed E-state index contributed by atoms with van der Waals surface area (Å²) in [5, 5.41) is 0. The molecule has 60 valence electrons. The Hall–Kier alpha value is -0.390. The number of hydrogen-bond acceptors (Lipinski definition) is 2. The van der Waals surface area contributed by atoms with Crippen LogP contribution in [0.2, 0.25) is 0 Å². The molecule has 0 N–H and O–H groups in total. The summed E-state index contributed by atoms with van der Waals surface area (Å²) in [6, 6.07) is 1.62. The highest BCUT2D eigenvalue weighted by Gasteiger charge is 2.00. The molecule has 4 heteroatoms. The number of halogens is 2. The van der Waals surface area contributed by atoms with Crippen molar-refractivity contribution >= 4 is 22.6 Å². The Bertz CT molecular complexity index is 254. The molecule has 0 radical (unpaired) electrons. The van der Waals surface area contributed by atoms with Gasteiger partial charge in [-0.05, 0) is 35.6 Å². The second kappa shape index (κ2) is 3.85. The Labute approximate surface area is 77.9 Å². The van der Waals surface area contributed by atoms with Crippen molar-refractivity contribution in [2.24, 2.45) is 0 Å². The Balaban J connectivity index is 2.86. The third-order valence-electron chi connectivity index (χ3n) is 1.08. The van der Waals surface area contributed by atoms with Crippen molar-refractivity contribution in [1.82, 2.24) is 4.98 Å². The second-order valence-corrected chi connectivity index (χ2v) is 3.04. The molecule has 0 saturated carbocycles. The van der Waals surface area contributed by atoms with Gasteiger partial charge in [0, 0.05) is 0 Å². The van der Waals surface area contributed by atoms with Crippen LogP contribution in [0.4, 0.5) is 4.39 Å². The van der Waals surface area contributed by atoms with Crippen molar-refractivity contribution in [3.63, 3.8) is 0 Å². The van der Waals surface area contributed by atoms with Gasteiger partial charge in [-0.2, -0.15) is 4.39 Å². The van der Waals surface area contributed by atoms with E-state index in [4.69, 9.17) is 4.74 Å². The van der Waals surface area contributed by atoms with E-state index in [0.29, 0.717) is 15.9 Å². The standard InChI is InChI=1S/C7H7FINO/c1-2-11-5-3-6(9)7(8)10-4-5/h3-4H,2H2,1H3. The summed E-state index contributed by atoms with van der Waals surface area (Å²) >= 11 is 1.87. The summed E-state index contributed by atoms with van der Waals surface area (Å²) in [5.41, 5.74) is 0. The number of pyridine rings is 1. The highest BCUT2D eigenvalue weighted by Crippen LogP contribution is 2.15. The van der Waals surface area contributed by atoms with Crippen molar-refractivity contribution in [3.05, 3.63) is 21.8 Å². The number of aromatic nitrogens is 1. The molecule has 0 saturated heterocycles. The summed E-state index contributed by atoms with van der Waals surface area (Å²) in [6.07, 6.45) is 1.38. The third kappa shape index (κ3) is 2.28. The van der Waals surface area contributed by atoms with E-state index in [1.165, 1.54) is 6.20 Å². The van der Waals surface area contributed by atoms with Crippen LogP contribution in [0.3, 0.4) is 0 Å². The molecule has 0 spiro atoms.